The van der Waals surface area contributed by atoms with Crippen LogP contribution in [-0.2, 0) is 4.74 Å². The van der Waals surface area contributed by atoms with Crippen molar-refractivity contribution in [2.45, 2.75) is 26.4 Å². The Bertz CT molecular complexity index is 428. The van der Waals surface area contributed by atoms with Gasteiger partial charge in [-0.1, -0.05) is 18.2 Å². The van der Waals surface area contributed by atoms with E-state index in [1.54, 1.807) is 56.6 Å². The van der Waals surface area contributed by atoms with Crippen LogP contribution in [0.1, 0.15) is 20.8 Å². The van der Waals surface area contributed by atoms with Gasteiger partial charge in [-0.2, -0.15) is 0 Å². The van der Waals surface area contributed by atoms with Gasteiger partial charge in [-0.25, -0.2) is 14.9 Å². The quantitative estimate of drug-likeness (QED) is 0.658. The lowest BCUT2D eigenvalue weighted by Gasteiger charge is -2.24. The summed E-state index contributed by atoms with van der Waals surface area (Å²) >= 11 is 0. The maximum absolute atomic E-state index is 11.8. The Morgan fingerprint density at radius 1 is 1.33 bits per heavy atom. The lowest BCUT2D eigenvalue weighted by molar-refractivity contribution is -0.544. The topological polar surface area (TPSA) is 84.7 Å². The summed E-state index contributed by atoms with van der Waals surface area (Å²) in [5.74, 6) is 0. The average Bonchev–Trinajstić information content (AvgIpc) is 2.24. The van der Waals surface area contributed by atoms with Gasteiger partial charge in [0.05, 0.1) is 5.69 Å². The zero-order chi connectivity index (χ0) is 13.8. The number of nitrogens with zero attached hydrogens (tertiary/aromatic N) is 2. The lowest BCUT2D eigenvalue weighted by Crippen LogP contribution is -2.48. The van der Waals surface area contributed by atoms with Crippen molar-refractivity contribution in [1.29, 1.82) is 0 Å². The maximum Gasteiger partial charge on any atom is 0.438 e. The lowest BCUT2D eigenvalue weighted by atomic mass is 10.2. The van der Waals surface area contributed by atoms with E-state index in [9.17, 15) is 14.9 Å². The summed E-state index contributed by atoms with van der Waals surface area (Å²) in [5.41, 5.74) is 1.39. The zero-order valence-corrected chi connectivity index (χ0v) is 10.4. The molecule has 0 aliphatic rings. The highest BCUT2D eigenvalue weighted by atomic mass is 16.7. The van der Waals surface area contributed by atoms with E-state index in [1.165, 1.54) is 0 Å². The molecule has 0 radical (unpaired) electrons. The molecule has 7 nitrogen and oxygen atoms in total. The van der Waals surface area contributed by atoms with E-state index < -0.39 is 16.7 Å². The van der Waals surface area contributed by atoms with Gasteiger partial charge in [-0.3, -0.25) is 0 Å². The van der Waals surface area contributed by atoms with Gasteiger partial charge in [0.2, 0.25) is 0 Å². The Morgan fingerprint density at radius 3 is 2.33 bits per heavy atom. The van der Waals surface area contributed by atoms with Crippen LogP contribution in [0.25, 0.3) is 0 Å². The molecule has 18 heavy (non-hydrogen) atoms. The smallest absolute Gasteiger partial charge is 0.438 e. The van der Waals surface area contributed by atoms with E-state index in [2.05, 4.69) is 0 Å². The highest BCUT2D eigenvalue weighted by Gasteiger charge is 2.26. The molecule has 0 heterocycles. The van der Waals surface area contributed by atoms with Gasteiger partial charge in [0.1, 0.15) is 5.60 Å². The summed E-state index contributed by atoms with van der Waals surface area (Å²) in [6.07, 6.45) is -0.842. The van der Waals surface area contributed by atoms with Crippen molar-refractivity contribution in [2.24, 2.45) is 0 Å². The van der Waals surface area contributed by atoms with Crippen LogP contribution in [0, 0.1) is 10.1 Å². The molecule has 0 saturated heterocycles. The predicted octanol–water partition coefficient (Wildman–Crippen LogP) is 2.12. The van der Waals surface area contributed by atoms with Crippen molar-refractivity contribution < 1.29 is 14.6 Å². The fourth-order valence-electron chi connectivity index (χ4n) is 1.17. The number of hydrogen-bond acceptors (Lipinski definition) is 4. The standard InChI is InChI=1S/C11H15N3O4/c1-11(2,3)18-10(15)13(12-14(16)17)9-7-5-4-6-8-9/h4-8,12H,1-3H3. The van der Waals surface area contributed by atoms with E-state index in [-0.39, 0.29) is 0 Å². The molecule has 1 N–H and O–H groups in total. The number of nitrogens with one attached hydrogen (secondary N) is 1. The number of benzene rings is 1. The number of rotatable bonds is 3. The first-order chi connectivity index (χ1) is 8.29. The summed E-state index contributed by atoms with van der Waals surface area (Å²) in [7, 11) is 0. The Morgan fingerprint density at radius 2 is 1.89 bits per heavy atom. The minimum Gasteiger partial charge on any atom is -0.442 e. The largest absolute Gasteiger partial charge is 0.442 e. The molecule has 1 aromatic carbocycles. The van der Waals surface area contributed by atoms with Crippen LogP contribution in [0.5, 0.6) is 0 Å². The summed E-state index contributed by atoms with van der Waals surface area (Å²) in [5, 5.41) is 10.4. The molecule has 1 amide bonds. The molecule has 0 atom stereocenters. The van der Waals surface area contributed by atoms with Gasteiger partial charge >= 0.3 is 6.09 Å². The molecule has 0 fully saturated rings. The average molecular weight is 253 g/mol. The van der Waals surface area contributed by atoms with Crippen molar-refractivity contribution in [1.82, 2.24) is 5.53 Å². The Kier molecular flexibility index (Phi) is 4.09. The number of nitro groups is 1. The second-order valence-electron chi connectivity index (χ2n) is 4.51. The second kappa shape index (κ2) is 5.35. The highest BCUT2D eigenvalue weighted by Crippen LogP contribution is 2.15. The molecule has 1 aromatic rings. The molecule has 98 valence electrons. The molecule has 1 rings (SSSR count). The number of ether oxygens (including phenoxy) is 1. The van der Waals surface area contributed by atoms with E-state index >= 15 is 0 Å². The van der Waals surface area contributed by atoms with E-state index in [0.717, 1.165) is 5.01 Å². The van der Waals surface area contributed by atoms with Gasteiger partial charge in [0, 0.05) is 0 Å². The Labute approximate surface area is 104 Å². The van der Waals surface area contributed by atoms with Crippen LogP contribution in [-0.4, -0.2) is 16.7 Å². The third-order valence-corrected chi connectivity index (χ3v) is 1.77. The van der Waals surface area contributed by atoms with Crippen LogP contribution >= 0.6 is 0 Å². The molecule has 7 heteroatoms. The highest BCUT2D eigenvalue weighted by molar-refractivity contribution is 5.86. The van der Waals surface area contributed by atoms with Gasteiger partial charge in [0.15, 0.2) is 5.03 Å². The summed E-state index contributed by atoms with van der Waals surface area (Å²) in [6.45, 7) is 5.04. The summed E-state index contributed by atoms with van der Waals surface area (Å²) in [6, 6.07) is 8.17. The molecular weight excluding hydrogens is 238 g/mol. The third-order valence-electron chi connectivity index (χ3n) is 1.77. The minimum absolute atomic E-state index is 0.323. The van der Waals surface area contributed by atoms with Crippen LogP contribution in [0.3, 0.4) is 0 Å². The number of carbonyl (C=O) groups is 1. The van der Waals surface area contributed by atoms with Crippen molar-refractivity contribution in [2.75, 3.05) is 5.01 Å². The molecule has 0 bridgehead atoms. The summed E-state index contributed by atoms with van der Waals surface area (Å²) < 4.78 is 5.08. The number of carbonyl (C=O) groups excluding carboxylic acids is 1. The van der Waals surface area contributed by atoms with Gasteiger partial charge in [-0.15, -0.1) is 5.01 Å². The van der Waals surface area contributed by atoms with Crippen molar-refractivity contribution in [3.63, 3.8) is 0 Å². The summed E-state index contributed by atoms with van der Waals surface area (Å²) in [4.78, 5) is 22.3. The number of para-hydroxylation sites is 1. The first-order valence-corrected chi connectivity index (χ1v) is 5.28. The number of hydrazine groups is 2. The van der Waals surface area contributed by atoms with E-state index in [0.29, 0.717) is 5.69 Å². The molecule has 0 aliphatic heterocycles. The number of amides is 1. The number of anilines is 1. The monoisotopic (exact) mass is 253 g/mol. The van der Waals surface area contributed by atoms with Crippen LogP contribution in [0.15, 0.2) is 30.3 Å². The van der Waals surface area contributed by atoms with Crippen LogP contribution in [0.2, 0.25) is 0 Å². The first kappa shape index (κ1) is 13.8. The molecule has 0 spiro atoms. The van der Waals surface area contributed by atoms with E-state index in [4.69, 9.17) is 4.74 Å². The predicted molar refractivity (Wildman–Crippen MR) is 65.3 cm³/mol. The normalized spacial score (nSPS) is 10.6. The van der Waals surface area contributed by atoms with Crippen molar-refractivity contribution in [3.05, 3.63) is 40.4 Å². The molecule has 0 aliphatic carbocycles. The van der Waals surface area contributed by atoms with Crippen molar-refractivity contribution >= 4 is 11.8 Å². The van der Waals surface area contributed by atoms with Gasteiger partial charge < -0.3 is 4.74 Å². The fraction of sp³-hybridized carbons (Fsp3) is 0.364. The molecule has 0 aromatic heterocycles. The van der Waals surface area contributed by atoms with Crippen molar-refractivity contribution in [3.8, 4) is 0 Å². The fourth-order valence-corrected chi connectivity index (χ4v) is 1.17. The molecule has 0 unspecified atom stereocenters. The first-order valence-electron chi connectivity index (χ1n) is 5.28. The minimum atomic E-state index is -0.842. The Balaban J connectivity index is 2.92. The zero-order valence-electron chi connectivity index (χ0n) is 10.4. The van der Waals surface area contributed by atoms with Gasteiger partial charge in [0.25, 0.3) is 0 Å². The Hall–Kier alpha value is -2.31. The second-order valence-corrected chi connectivity index (χ2v) is 4.51. The maximum atomic E-state index is 11.8. The SMILES string of the molecule is CC(C)(C)OC(=O)N(N[N+](=O)[O-])c1ccccc1. The van der Waals surface area contributed by atoms with Gasteiger partial charge in [-0.05, 0) is 38.4 Å². The van der Waals surface area contributed by atoms with E-state index in [1.807, 2.05) is 0 Å². The molecule has 0 saturated carbocycles. The molecular formula is C11H15N3O4. The third kappa shape index (κ3) is 4.28. The van der Waals surface area contributed by atoms with Crippen LogP contribution < -0.4 is 10.5 Å². The van der Waals surface area contributed by atoms with Crippen LogP contribution in [0.4, 0.5) is 10.5 Å². The number of hydrogen-bond donors (Lipinski definition) is 1.